The zero-order valence-electron chi connectivity index (χ0n) is 13.4. The monoisotopic (exact) mass is 327 g/mol. The van der Waals surface area contributed by atoms with E-state index in [-0.39, 0.29) is 12.3 Å². The number of benzene rings is 1. The van der Waals surface area contributed by atoms with Gasteiger partial charge in [0.15, 0.2) is 5.69 Å². The number of carboxylic acids is 1. The Balaban J connectivity index is 1.59. The molecular weight excluding hydrogens is 306 g/mol. The molecule has 1 aromatic carbocycles. The van der Waals surface area contributed by atoms with Gasteiger partial charge in [-0.05, 0) is 43.0 Å². The highest BCUT2D eigenvalue weighted by Crippen LogP contribution is 2.28. The van der Waals surface area contributed by atoms with Crippen LogP contribution in [0.3, 0.4) is 0 Å². The summed E-state index contributed by atoms with van der Waals surface area (Å²) in [6.45, 7) is 0. The Kier molecular flexibility index (Phi) is 4.93. The van der Waals surface area contributed by atoms with E-state index in [9.17, 15) is 9.59 Å². The maximum absolute atomic E-state index is 12.3. The van der Waals surface area contributed by atoms with Crippen molar-refractivity contribution in [2.75, 3.05) is 5.32 Å². The third-order valence-electron chi connectivity index (χ3n) is 4.38. The summed E-state index contributed by atoms with van der Waals surface area (Å²) in [4.78, 5) is 22.9. The molecule has 1 fully saturated rings. The topological polar surface area (TPSA) is 84.2 Å². The fourth-order valence-corrected chi connectivity index (χ4v) is 3.03. The van der Waals surface area contributed by atoms with Gasteiger partial charge in [-0.1, -0.05) is 25.0 Å². The highest BCUT2D eigenvalue weighted by molar-refractivity contribution is 6.02. The summed E-state index contributed by atoms with van der Waals surface area (Å²) in [6, 6.07) is 9.38. The zero-order valence-corrected chi connectivity index (χ0v) is 13.4. The Morgan fingerprint density at radius 3 is 2.54 bits per heavy atom. The number of hydrogen-bond acceptors (Lipinski definition) is 3. The molecule has 0 spiro atoms. The zero-order chi connectivity index (χ0) is 16.9. The van der Waals surface area contributed by atoms with E-state index in [1.807, 2.05) is 23.0 Å². The van der Waals surface area contributed by atoms with Gasteiger partial charge in [-0.15, -0.1) is 0 Å². The van der Waals surface area contributed by atoms with Crippen LogP contribution in [0.25, 0.3) is 0 Å². The lowest BCUT2D eigenvalue weighted by atomic mass is 10.1. The predicted molar refractivity (Wildman–Crippen MR) is 90.1 cm³/mol. The second kappa shape index (κ2) is 7.29. The number of aromatic nitrogens is 2. The summed E-state index contributed by atoms with van der Waals surface area (Å²) in [5.74, 6) is -1.05. The summed E-state index contributed by atoms with van der Waals surface area (Å²) in [5, 5.41) is 15.9. The molecule has 0 atom stereocenters. The van der Waals surface area contributed by atoms with Crippen molar-refractivity contribution in [1.82, 2.24) is 9.78 Å². The first-order valence-electron chi connectivity index (χ1n) is 8.29. The SMILES string of the molecule is O=C(O)CCc1ccc(NC(=O)c2ccn(C3CCCC3)n2)cc1. The number of carbonyl (C=O) groups excluding carboxylic acids is 1. The highest BCUT2D eigenvalue weighted by atomic mass is 16.4. The molecule has 0 unspecified atom stereocenters. The van der Waals surface area contributed by atoms with Crippen molar-refractivity contribution in [2.24, 2.45) is 0 Å². The fraction of sp³-hybridized carbons (Fsp3) is 0.389. The van der Waals surface area contributed by atoms with Gasteiger partial charge < -0.3 is 10.4 Å². The molecule has 0 bridgehead atoms. The van der Waals surface area contributed by atoms with Crippen molar-refractivity contribution < 1.29 is 14.7 Å². The van der Waals surface area contributed by atoms with Crippen LogP contribution in [-0.2, 0) is 11.2 Å². The number of aryl methyl sites for hydroxylation is 1. The van der Waals surface area contributed by atoms with Crippen LogP contribution in [0.1, 0.15) is 54.2 Å². The lowest BCUT2D eigenvalue weighted by Crippen LogP contribution is -2.14. The van der Waals surface area contributed by atoms with Crippen LogP contribution >= 0.6 is 0 Å². The van der Waals surface area contributed by atoms with E-state index in [1.54, 1.807) is 18.2 Å². The molecule has 1 aliphatic carbocycles. The Bertz CT molecular complexity index is 715. The van der Waals surface area contributed by atoms with Crippen LogP contribution in [0.15, 0.2) is 36.5 Å². The summed E-state index contributed by atoms with van der Waals surface area (Å²) >= 11 is 0. The molecule has 3 rings (SSSR count). The van der Waals surface area contributed by atoms with Crippen LogP contribution < -0.4 is 5.32 Å². The first kappa shape index (κ1) is 16.2. The third kappa shape index (κ3) is 4.01. The van der Waals surface area contributed by atoms with Crippen LogP contribution in [0.5, 0.6) is 0 Å². The second-order valence-corrected chi connectivity index (χ2v) is 6.16. The van der Waals surface area contributed by atoms with Crippen LogP contribution in [0.4, 0.5) is 5.69 Å². The minimum Gasteiger partial charge on any atom is -0.481 e. The quantitative estimate of drug-likeness (QED) is 0.853. The maximum atomic E-state index is 12.3. The van der Waals surface area contributed by atoms with E-state index >= 15 is 0 Å². The largest absolute Gasteiger partial charge is 0.481 e. The Hall–Kier alpha value is -2.63. The molecule has 6 heteroatoms. The van der Waals surface area contributed by atoms with Crippen molar-refractivity contribution in [2.45, 2.75) is 44.6 Å². The molecule has 1 aromatic heterocycles. The van der Waals surface area contributed by atoms with Gasteiger partial charge in [0, 0.05) is 18.3 Å². The van der Waals surface area contributed by atoms with Gasteiger partial charge in [0.2, 0.25) is 0 Å². The number of anilines is 1. The van der Waals surface area contributed by atoms with Crippen molar-refractivity contribution in [3.63, 3.8) is 0 Å². The van der Waals surface area contributed by atoms with Gasteiger partial charge in [0.1, 0.15) is 0 Å². The van der Waals surface area contributed by atoms with E-state index in [2.05, 4.69) is 10.4 Å². The molecule has 0 saturated heterocycles. The van der Waals surface area contributed by atoms with Crippen LogP contribution in [0.2, 0.25) is 0 Å². The summed E-state index contributed by atoms with van der Waals surface area (Å²) in [5.41, 5.74) is 2.02. The molecule has 0 aliphatic heterocycles. The number of amides is 1. The molecular formula is C18H21N3O3. The van der Waals surface area contributed by atoms with Gasteiger partial charge in [0.05, 0.1) is 6.04 Å². The molecule has 1 amide bonds. The van der Waals surface area contributed by atoms with Gasteiger partial charge in [-0.2, -0.15) is 5.10 Å². The van der Waals surface area contributed by atoms with Crippen molar-refractivity contribution >= 4 is 17.6 Å². The number of carbonyl (C=O) groups is 2. The molecule has 1 aliphatic rings. The lowest BCUT2D eigenvalue weighted by molar-refractivity contribution is -0.136. The molecule has 126 valence electrons. The van der Waals surface area contributed by atoms with E-state index < -0.39 is 5.97 Å². The number of hydrogen-bond donors (Lipinski definition) is 2. The minimum atomic E-state index is -0.815. The molecule has 2 aromatic rings. The lowest BCUT2D eigenvalue weighted by Gasteiger charge is -2.09. The fourth-order valence-electron chi connectivity index (χ4n) is 3.03. The van der Waals surface area contributed by atoms with Crippen molar-refractivity contribution in [3.8, 4) is 0 Å². The highest BCUT2D eigenvalue weighted by Gasteiger charge is 2.19. The molecule has 2 N–H and O–H groups in total. The maximum Gasteiger partial charge on any atom is 0.303 e. The summed E-state index contributed by atoms with van der Waals surface area (Å²) in [6.07, 6.45) is 7.15. The van der Waals surface area contributed by atoms with Crippen molar-refractivity contribution in [3.05, 3.63) is 47.8 Å². The average Bonchev–Trinajstić information content (AvgIpc) is 3.25. The average molecular weight is 327 g/mol. The summed E-state index contributed by atoms with van der Waals surface area (Å²) in [7, 11) is 0. The van der Waals surface area contributed by atoms with Gasteiger partial charge in [-0.3, -0.25) is 14.3 Å². The van der Waals surface area contributed by atoms with Crippen LogP contribution in [-0.4, -0.2) is 26.8 Å². The number of carboxylic acid groups (broad SMARTS) is 1. The van der Waals surface area contributed by atoms with E-state index in [1.165, 1.54) is 12.8 Å². The molecule has 24 heavy (non-hydrogen) atoms. The standard InChI is InChI=1S/C18H21N3O3/c22-17(23)10-7-13-5-8-14(9-6-13)19-18(24)16-11-12-21(20-16)15-3-1-2-4-15/h5-6,8-9,11-12,15H,1-4,7,10H2,(H,19,24)(H,22,23). The molecule has 0 radical (unpaired) electrons. The summed E-state index contributed by atoms with van der Waals surface area (Å²) < 4.78 is 1.90. The first-order valence-corrected chi connectivity index (χ1v) is 8.29. The minimum absolute atomic E-state index is 0.101. The Morgan fingerprint density at radius 1 is 1.17 bits per heavy atom. The van der Waals surface area contributed by atoms with E-state index in [0.29, 0.717) is 23.8 Å². The smallest absolute Gasteiger partial charge is 0.303 e. The number of nitrogens with zero attached hydrogens (tertiary/aromatic N) is 2. The molecule has 1 saturated carbocycles. The number of aliphatic carboxylic acids is 1. The van der Waals surface area contributed by atoms with Gasteiger partial charge in [-0.25, -0.2) is 0 Å². The number of rotatable bonds is 6. The third-order valence-corrected chi connectivity index (χ3v) is 4.38. The Morgan fingerprint density at radius 2 is 1.88 bits per heavy atom. The second-order valence-electron chi connectivity index (χ2n) is 6.16. The van der Waals surface area contributed by atoms with E-state index in [4.69, 9.17) is 5.11 Å². The predicted octanol–water partition coefficient (Wildman–Crippen LogP) is 3.27. The molecule has 6 nitrogen and oxygen atoms in total. The van der Waals surface area contributed by atoms with Crippen molar-refractivity contribution in [1.29, 1.82) is 0 Å². The normalized spacial score (nSPS) is 14.7. The van der Waals surface area contributed by atoms with Crippen LogP contribution in [0, 0.1) is 0 Å². The molecule has 1 heterocycles. The van der Waals surface area contributed by atoms with E-state index in [0.717, 1.165) is 18.4 Å². The van der Waals surface area contributed by atoms with Gasteiger partial charge in [0.25, 0.3) is 5.91 Å². The van der Waals surface area contributed by atoms with Gasteiger partial charge >= 0.3 is 5.97 Å². The number of nitrogens with one attached hydrogen (secondary N) is 1. The first-order chi connectivity index (χ1) is 11.6. The Labute approximate surface area is 140 Å².